The van der Waals surface area contributed by atoms with Crippen LogP contribution in [-0.2, 0) is 22.4 Å². The van der Waals surface area contributed by atoms with Gasteiger partial charge in [0.15, 0.2) is 0 Å². The number of nitrogens with one attached hydrogen (secondary N) is 2. The minimum absolute atomic E-state index is 0.0357. The summed E-state index contributed by atoms with van der Waals surface area (Å²) < 4.78 is 5.56. The Morgan fingerprint density at radius 1 is 1.11 bits per heavy atom. The van der Waals surface area contributed by atoms with Crippen LogP contribution in [0.4, 0.5) is 5.69 Å². The van der Waals surface area contributed by atoms with Crippen LogP contribution in [0.25, 0.3) is 0 Å². The zero-order valence-corrected chi connectivity index (χ0v) is 16.6. The second kappa shape index (κ2) is 8.89. The Morgan fingerprint density at radius 3 is 2.54 bits per heavy atom. The number of nitrogens with zero attached hydrogens (tertiary/aromatic N) is 1. The fourth-order valence-corrected chi connectivity index (χ4v) is 3.29. The van der Waals surface area contributed by atoms with Crippen molar-refractivity contribution < 1.29 is 14.3 Å². The number of aryl methyl sites for hydroxylation is 1. The number of benzene rings is 2. The fourth-order valence-electron chi connectivity index (χ4n) is 3.29. The van der Waals surface area contributed by atoms with Gasteiger partial charge < -0.3 is 20.3 Å². The van der Waals surface area contributed by atoms with Crippen molar-refractivity contribution in [1.29, 1.82) is 0 Å². The van der Waals surface area contributed by atoms with E-state index >= 15 is 0 Å². The highest BCUT2D eigenvalue weighted by molar-refractivity contribution is 6.39. The zero-order chi connectivity index (χ0) is 20.1. The van der Waals surface area contributed by atoms with Crippen molar-refractivity contribution in [1.82, 2.24) is 10.2 Å². The van der Waals surface area contributed by atoms with Crippen molar-refractivity contribution in [3.63, 3.8) is 0 Å². The molecule has 2 N–H and O–H groups in total. The molecule has 1 unspecified atom stereocenters. The standard InChI is InChI=1S/C22H27N3O3/c1-4-15-5-8-18(9-6-15)24-22(27)21(26)23-14-19(25(2)3)16-7-10-20-17(13-16)11-12-28-20/h5-10,13,19H,4,11-12,14H2,1-3H3,(H,23,26)(H,24,27). The minimum Gasteiger partial charge on any atom is -0.493 e. The van der Waals surface area contributed by atoms with E-state index in [4.69, 9.17) is 4.74 Å². The van der Waals surface area contributed by atoms with E-state index in [1.165, 1.54) is 11.1 Å². The molecule has 0 saturated carbocycles. The predicted molar refractivity (Wildman–Crippen MR) is 110 cm³/mol. The molecule has 3 rings (SSSR count). The Morgan fingerprint density at radius 2 is 1.86 bits per heavy atom. The highest BCUT2D eigenvalue weighted by Gasteiger charge is 2.21. The molecule has 0 saturated heterocycles. The van der Waals surface area contributed by atoms with Crippen molar-refractivity contribution in [3.05, 3.63) is 59.2 Å². The van der Waals surface area contributed by atoms with Gasteiger partial charge in [0, 0.05) is 18.7 Å². The molecule has 6 nitrogen and oxygen atoms in total. The molecule has 6 heteroatoms. The van der Waals surface area contributed by atoms with Gasteiger partial charge in [-0.25, -0.2) is 0 Å². The molecule has 148 valence electrons. The van der Waals surface area contributed by atoms with Crippen molar-refractivity contribution in [2.45, 2.75) is 25.8 Å². The van der Waals surface area contributed by atoms with Crippen LogP contribution in [0.3, 0.4) is 0 Å². The molecule has 0 aliphatic carbocycles. The first-order valence-electron chi connectivity index (χ1n) is 9.58. The monoisotopic (exact) mass is 381 g/mol. The van der Waals surface area contributed by atoms with E-state index in [1.54, 1.807) is 12.1 Å². The smallest absolute Gasteiger partial charge is 0.313 e. The maximum atomic E-state index is 12.3. The number of hydrogen-bond donors (Lipinski definition) is 2. The number of amides is 2. The van der Waals surface area contributed by atoms with Crippen LogP contribution in [-0.4, -0.2) is 44.0 Å². The van der Waals surface area contributed by atoms with Crippen LogP contribution >= 0.6 is 0 Å². The van der Waals surface area contributed by atoms with Gasteiger partial charge in [0.1, 0.15) is 5.75 Å². The fraction of sp³-hybridized carbons (Fsp3) is 0.364. The normalized spacial score (nSPS) is 13.6. The van der Waals surface area contributed by atoms with Crippen LogP contribution in [0, 0.1) is 0 Å². The molecule has 1 heterocycles. The van der Waals surface area contributed by atoms with E-state index < -0.39 is 11.8 Å². The highest BCUT2D eigenvalue weighted by Crippen LogP contribution is 2.29. The zero-order valence-electron chi connectivity index (χ0n) is 16.6. The third-order valence-corrected chi connectivity index (χ3v) is 5.00. The lowest BCUT2D eigenvalue weighted by Gasteiger charge is -2.25. The topological polar surface area (TPSA) is 70.7 Å². The predicted octanol–water partition coefficient (Wildman–Crippen LogP) is 2.54. The summed E-state index contributed by atoms with van der Waals surface area (Å²) in [6.45, 7) is 3.12. The van der Waals surface area contributed by atoms with Gasteiger partial charge in [0.25, 0.3) is 0 Å². The Hall–Kier alpha value is -2.86. The van der Waals surface area contributed by atoms with Gasteiger partial charge in [-0.15, -0.1) is 0 Å². The molecule has 2 aromatic carbocycles. The molecule has 2 amide bonds. The van der Waals surface area contributed by atoms with Gasteiger partial charge in [-0.2, -0.15) is 0 Å². The van der Waals surface area contributed by atoms with Gasteiger partial charge in [0.05, 0.1) is 12.6 Å². The average Bonchev–Trinajstić information content (AvgIpc) is 3.16. The summed E-state index contributed by atoms with van der Waals surface area (Å²) in [6.07, 6.45) is 1.82. The number of ether oxygens (including phenoxy) is 1. The summed E-state index contributed by atoms with van der Waals surface area (Å²) >= 11 is 0. The number of fused-ring (bicyclic) bond motifs is 1. The summed E-state index contributed by atoms with van der Waals surface area (Å²) in [7, 11) is 3.91. The first kappa shape index (κ1) is 19.9. The molecule has 0 spiro atoms. The third-order valence-electron chi connectivity index (χ3n) is 5.00. The van der Waals surface area contributed by atoms with E-state index in [-0.39, 0.29) is 6.04 Å². The van der Waals surface area contributed by atoms with Crippen molar-refractivity contribution >= 4 is 17.5 Å². The number of carbonyl (C=O) groups excluding carboxylic acids is 2. The number of anilines is 1. The van der Waals surface area contributed by atoms with Crippen molar-refractivity contribution in [2.24, 2.45) is 0 Å². The molecule has 1 aliphatic heterocycles. The first-order valence-corrected chi connectivity index (χ1v) is 9.58. The Bertz CT molecular complexity index is 847. The maximum absolute atomic E-state index is 12.3. The second-order valence-electron chi connectivity index (χ2n) is 7.16. The third kappa shape index (κ3) is 4.70. The lowest BCUT2D eigenvalue weighted by atomic mass is 10.0. The minimum atomic E-state index is -0.663. The van der Waals surface area contributed by atoms with E-state index in [1.807, 2.05) is 43.3 Å². The van der Waals surface area contributed by atoms with E-state index in [9.17, 15) is 9.59 Å². The Balaban J connectivity index is 1.59. The number of hydrogen-bond acceptors (Lipinski definition) is 4. The number of likely N-dealkylation sites (N-methyl/N-ethyl adjacent to an activating group) is 1. The van der Waals surface area contributed by atoms with Crippen LogP contribution in [0.2, 0.25) is 0 Å². The molecule has 0 aromatic heterocycles. The molecule has 0 fully saturated rings. The van der Waals surface area contributed by atoms with Gasteiger partial charge in [0.2, 0.25) is 0 Å². The van der Waals surface area contributed by atoms with Crippen LogP contribution in [0.15, 0.2) is 42.5 Å². The Labute approximate surface area is 165 Å². The molecule has 0 radical (unpaired) electrons. The summed E-state index contributed by atoms with van der Waals surface area (Å²) in [4.78, 5) is 26.5. The molecule has 0 bridgehead atoms. The molecular formula is C22H27N3O3. The summed E-state index contributed by atoms with van der Waals surface area (Å²) in [5, 5.41) is 5.39. The summed E-state index contributed by atoms with van der Waals surface area (Å²) in [5.74, 6) is -0.376. The van der Waals surface area contributed by atoms with Gasteiger partial charge in [-0.05, 0) is 55.4 Å². The number of carbonyl (C=O) groups is 2. The summed E-state index contributed by atoms with van der Waals surface area (Å²) in [5.41, 5.74) is 4.06. The quantitative estimate of drug-likeness (QED) is 0.755. The maximum Gasteiger partial charge on any atom is 0.313 e. The molecule has 1 atom stereocenters. The SMILES string of the molecule is CCc1ccc(NC(=O)C(=O)NCC(c2ccc3c(c2)CCO3)N(C)C)cc1. The molecule has 1 aliphatic rings. The second-order valence-corrected chi connectivity index (χ2v) is 7.16. The van der Waals surface area contributed by atoms with E-state index in [2.05, 4.69) is 23.6 Å². The van der Waals surface area contributed by atoms with Gasteiger partial charge in [-0.3, -0.25) is 9.59 Å². The summed E-state index contributed by atoms with van der Waals surface area (Å²) in [6, 6.07) is 13.6. The average molecular weight is 381 g/mol. The first-order chi connectivity index (χ1) is 13.5. The van der Waals surface area contributed by atoms with Crippen LogP contribution < -0.4 is 15.4 Å². The van der Waals surface area contributed by atoms with Gasteiger partial charge in [-0.1, -0.05) is 31.2 Å². The highest BCUT2D eigenvalue weighted by atomic mass is 16.5. The lowest BCUT2D eigenvalue weighted by molar-refractivity contribution is -0.136. The molecule has 2 aromatic rings. The molecule has 28 heavy (non-hydrogen) atoms. The van der Waals surface area contributed by atoms with Crippen LogP contribution in [0.1, 0.15) is 29.7 Å². The van der Waals surface area contributed by atoms with E-state index in [0.717, 1.165) is 24.2 Å². The van der Waals surface area contributed by atoms with Crippen molar-refractivity contribution in [3.8, 4) is 5.75 Å². The van der Waals surface area contributed by atoms with Crippen LogP contribution in [0.5, 0.6) is 5.75 Å². The largest absolute Gasteiger partial charge is 0.493 e. The van der Waals surface area contributed by atoms with Crippen molar-refractivity contribution in [2.75, 3.05) is 32.6 Å². The molecular weight excluding hydrogens is 354 g/mol. The Kier molecular flexibility index (Phi) is 6.31. The number of rotatable bonds is 6. The lowest BCUT2D eigenvalue weighted by Crippen LogP contribution is -2.40. The van der Waals surface area contributed by atoms with E-state index in [0.29, 0.717) is 18.8 Å². The van der Waals surface area contributed by atoms with Gasteiger partial charge >= 0.3 is 11.8 Å².